The van der Waals surface area contributed by atoms with Gasteiger partial charge in [-0.25, -0.2) is 4.79 Å². The summed E-state index contributed by atoms with van der Waals surface area (Å²) in [6.07, 6.45) is 2.17. The van der Waals surface area contributed by atoms with Crippen molar-refractivity contribution >= 4 is 17.9 Å². The molecule has 0 bridgehead atoms. The number of carbonyl (C=O) groups is 3. The Labute approximate surface area is 124 Å². The Bertz CT molecular complexity index is 465. The molecule has 7 nitrogen and oxygen atoms in total. The fourth-order valence-corrected chi connectivity index (χ4v) is 2.63. The molecule has 1 saturated heterocycles. The van der Waals surface area contributed by atoms with E-state index >= 15 is 0 Å². The number of nitrogens with one attached hydrogen (secondary N) is 2. The molecule has 1 heterocycles. The smallest absolute Gasteiger partial charge is 0.408 e. The van der Waals surface area contributed by atoms with Crippen molar-refractivity contribution in [1.82, 2.24) is 10.6 Å². The van der Waals surface area contributed by atoms with Gasteiger partial charge in [-0.1, -0.05) is 0 Å². The quantitative estimate of drug-likeness (QED) is 0.698. The summed E-state index contributed by atoms with van der Waals surface area (Å²) in [6.45, 7) is 5.19. The fourth-order valence-electron chi connectivity index (χ4n) is 2.63. The van der Waals surface area contributed by atoms with Gasteiger partial charge in [-0.15, -0.1) is 0 Å². The van der Waals surface area contributed by atoms with E-state index in [1.807, 2.05) is 0 Å². The van der Waals surface area contributed by atoms with Gasteiger partial charge < -0.3 is 21.1 Å². The van der Waals surface area contributed by atoms with Gasteiger partial charge in [-0.3, -0.25) is 9.59 Å². The Balaban J connectivity index is 1.92. The van der Waals surface area contributed by atoms with Crippen LogP contribution in [0.15, 0.2) is 0 Å². The largest absolute Gasteiger partial charge is 0.444 e. The van der Waals surface area contributed by atoms with Gasteiger partial charge in [0.05, 0.1) is 0 Å². The van der Waals surface area contributed by atoms with Crippen molar-refractivity contribution in [3.8, 4) is 0 Å². The van der Waals surface area contributed by atoms with Crippen LogP contribution in [0.1, 0.15) is 46.5 Å². The van der Waals surface area contributed by atoms with Crippen molar-refractivity contribution in [2.24, 2.45) is 11.7 Å². The molecule has 118 valence electrons. The average Bonchev–Trinajstić information content (AvgIpc) is 2.95. The van der Waals surface area contributed by atoms with Crippen LogP contribution < -0.4 is 16.4 Å². The van der Waals surface area contributed by atoms with Crippen molar-refractivity contribution < 1.29 is 19.1 Å². The molecule has 2 atom stereocenters. The van der Waals surface area contributed by atoms with Gasteiger partial charge in [0.1, 0.15) is 11.6 Å². The number of nitrogens with two attached hydrogens (primary N) is 1. The van der Waals surface area contributed by atoms with Crippen LogP contribution in [0, 0.1) is 5.92 Å². The predicted octanol–water partition coefficient (Wildman–Crippen LogP) is 0.424. The molecule has 0 aromatic carbocycles. The Kier molecular flexibility index (Phi) is 3.86. The molecule has 2 aliphatic rings. The summed E-state index contributed by atoms with van der Waals surface area (Å²) >= 11 is 0. The van der Waals surface area contributed by atoms with Gasteiger partial charge in [0.15, 0.2) is 0 Å². The Morgan fingerprint density at radius 3 is 2.52 bits per heavy atom. The van der Waals surface area contributed by atoms with Gasteiger partial charge in [0.2, 0.25) is 11.8 Å². The first-order chi connectivity index (χ1) is 9.60. The summed E-state index contributed by atoms with van der Waals surface area (Å²) in [5.41, 5.74) is 4.60. The normalized spacial score (nSPS) is 24.3. The summed E-state index contributed by atoms with van der Waals surface area (Å²) in [7, 11) is 0. The highest BCUT2D eigenvalue weighted by atomic mass is 16.6. The van der Waals surface area contributed by atoms with Crippen molar-refractivity contribution in [1.29, 1.82) is 0 Å². The monoisotopic (exact) mass is 297 g/mol. The minimum Gasteiger partial charge on any atom is -0.444 e. The lowest BCUT2D eigenvalue weighted by atomic mass is 9.95. The molecule has 1 spiro atoms. The van der Waals surface area contributed by atoms with Crippen LogP contribution in [0.3, 0.4) is 0 Å². The van der Waals surface area contributed by atoms with Crippen molar-refractivity contribution in [2.75, 3.05) is 0 Å². The van der Waals surface area contributed by atoms with Crippen molar-refractivity contribution in [2.45, 2.75) is 63.6 Å². The number of hydrogen-bond acceptors (Lipinski definition) is 4. The zero-order chi connectivity index (χ0) is 15.8. The molecule has 1 aliphatic carbocycles. The van der Waals surface area contributed by atoms with Crippen LogP contribution in [0.4, 0.5) is 4.79 Å². The maximum Gasteiger partial charge on any atom is 0.408 e. The number of alkyl carbamates (subject to hydrolysis) is 1. The number of carbonyl (C=O) groups excluding carboxylic acids is 3. The molecule has 0 aromatic rings. The third-order valence-corrected chi connectivity index (χ3v) is 3.80. The Morgan fingerprint density at radius 2 is 2.10 bits per heavy atom. The Hall–Kier alpha value is -1.79. The molecule has 2 fully saturated rings. The zero-order valence-electron chi connectivity index (χ0n) is 12.7. The van der Waals surface area contributed by atoms with Gasteiger partial charge >= 0.3 is 6.09 Å². The van der Waals surface area contributed by atoms with Gasteiger partial charge in [0, 0.05) is 11.5 Å². The first-order valence-corrected chi connectivity index (χ1v) is 7.21. The van der Waals surface area contributed by atoms with Crippen molar-refractivity contribution in [3.05, 3.63) is 0 Å². The van der Waals surface area contributed by atoms with Crippen LogP contribution in [0.2, 0.25) is 0 Å². The van der Waals surface area contributed by atoms with E-state index in [2.05, 4.69) is 10.6 Å². The van der Waals surface area contributed by atoms with E-state index < -0.39 is 23.6 Å². The summed E-state index contributed by atoms with van der Waals surface area (Å²) in [5, 5.41) is 5.41. The molecular weight excluding hydrogens is 274 g/mol. The summed E-state index contributed by atoms with van der Waals surface area (Å²) in [4.78, 5) is 35.1. The minimum absolute atomic E-state index is 0.0597. The van der Waals surface area contributed by atoms with E-state index in [-0.39, 0.29) is 23.8 Å². The average molecular weight is 297 g/mol. The molecule has 0 aromatic heterocycles. The highest BCUT2D eigenvalue weighted by Gasteiger charge is 2.52. The predicted molar refractivity (Wildman–Crippen MR) is 75.2 cm³/mol. The lowest BCUT2D eigenvalue weighted by molar-refractivity contribution is -0.124. The van der Waals surface area contributed by atoms with Crippen molar-refractivity contribution in [3.63, 3.8) is 0 Å². The highest BCUT2D eigenvalue weighted by molar-refractivity contribution is 5.87. The molecule has 0 radical (unpaired) electrons. The fraction of sp³-hybridized carbons (Fsp3) is 0.786. The second kappa shape index (κ2) is 5.20. The standard InChI is InChI=1S/C14H23N3O4/c1-13(2,3)21-12(20)16-9(10(15)18)6-8-7-14(4-5-14)17-11(8)19/h8-9H,4-7H2,1-3H3,(H2,15,18)(H,16,20)(H,17,19)/t8?,9-/m0/s1. The van der Waals surface area contributed by atoms with Crippen LogP contribution in [-0.2, 0) is 14.3 Å². The third-order valence-electron chi connectivity index (χ3n) is 3.80. The van der Waals surface area contributed by atoms with E-state index in [9.17, 15) is 14.4 Å². The van der Waals surface area contributed by atoms with E-state index in [0.29, 0.717) is 6.42 Å². The molecule has 21 heavy (non-hydrogen) atoms. The maximum absolute atomic E-state index is 11.9. The molecule has 1 aliphatic heterocycles. The van der Waals surface area contributed by atoms with Crippen LogP contribution >= 0.6 is 0 Å². The number of rotatable bonds is 4. The molecule has 7 heteroatoms. The van der Waals surface area contributed by atoms with Gasteiger partial charge in [-0.05, 0) is 46.5 Å². The topological polar surface area (TPSA) is 111 Å². The molecular formula is C14H23N3O4. The SMILES string of the molecule is CC(C)(C)OC(=O)N[C@@H](CC1CC2(CC2)NC1=O)C(N)=O. The van der Waals surface area contributed by atoms with E-state index in [1.54, 1.807) is 20.8 Å². The maximum atomic E-state index is 11.9. The number of ether oxygens (including phenoxy) is 1. The minimum atomic E-state index is -0.899. The summed E-state index contributed by atoms with van der Waals surface area (Å²) < 4.78 is 5.10. The molecule has 1 unspecified atom stereocenters. The lowest BCUT2D eigenvalue weighted by Gasteiger charge is -2.23. The van der Waals surface area contributed by atoms with Crippen LogP contribution in [-0.4, -0.2) is 35.1 Å². The molecule has 4 N–H and O–H groups in total. The molecule has 3 amide bonds. The van der Waals surface area contributed by atoms with Crippen LogP contribution in [0.25, 0.3) is 0 Å². The van der Waals surface area contributed by atoms with E-state index in [1.165, 1.54) is 0 Å². The lowest BCUT2D eigenvalue weighted by Crippen LogP contribution is -2.47. The van der Waals surface area contributed by atoms with E-state index in [4.69, 9.17) is 10.5 Å². The van der Waals surface area contributed by atoms with Gasteiger partial charge in [-0.2, -0.15) is 0 Å². The number of amides is 3. The third kappa shape index (κ3) is 4.09. The molecule has 2 rings (SSSR count). The second-order valence-electron chi connectivity index (χ2n) is 7.01. The highest BCUT2D eigenvalue weighted by Crippen LogP contribution is 2.46. The summed E-state index contributed by atoms with van der Waals surface area (Å²) in [6, 6.07) is -0.899. The number of hydrogen-bond donors (Lipinski definition) is 3. The summed E-state index contributed by atoms with van der Waals surface area (Å²) in [5.74, 6) is -1.02. The first-order valence-electron chi connectivity index (χ1n) is 7.21. The van der Waals surface area contributed by atoms with Crippen LogP contribution in [0.5, 0.6) is 0 Å². The van der Waals surface area contributed by atoms with Gasteiger partial charge in [0.25, 0.3) is 0 Å². The Morgan fingerprint density at radius 1 is 1.48 bits per heavy atom. The second-order valence-corrected chi connectivity index (χ2v) is 7.01. The zero-order valence-corrected chi connectivity index (χ0v) is 12.7. The van der Waals surface area contributed by atoms with E-state index in [0.717, 1.165) is 12.8 Å². The molecule has 1 saturated carbocycles. The first kappa shape index (κ1) is 15.6. The number of primary amides is 1.